The Morgan fingerprint density at radius 1 is 1.02 bits per heavy atom. The zero-order valence-electron chi connectivity index (χ0n) is 25.2. The van der Waals surface area contributed by atoms with Crippen LogP contribution in [0, 0.1) is 6.92 Å². The number of hydrogen-bond acceptors (Lipinski definition) is 6. The predicted molar refractivity (Wildman–Crippen MR) is 169 cm³/mol. The molecule has 2 N–H and O–H groups in total. The number of rotatable bonds is 7. The Balaban J connectivity index is 1.39. The minimum Gasteiger partial charge on any atom is -0.485 e. The largest absolute Gasteiger partial charge is 0.485 e. The summed E-state index contributed by atoms with van der Waals surface area (Å²) in [7, 11) is 0. The summed E-state index contributed by atoms with van der Waals surface area (Å²) in [6, 6.07) is 20.9. The number of nitrogen functional groups attached to an aromatic ring is 1. The first kappa shape index (κ1) is 28.7. The molecule has 1 spiro atoms. The summed E-state index contributed by atoms with van der Waals surface area (Å²) < 4.78 is 12.2. The van der Waals surface area contributed by atoms with Crippen LogP contribution in [-0.2, 0) is 26.2 Å². The standard InChI is InChI=1S/C36H39N3O4/c1-4-33(40)39-17-14-36(15-18-39)22-32(43-31-8-6-7-23(3)27(31)21-34(41)42-5-2)29-20-26(11-12-30(29)36)25-10-9-24-13-16-38-35(37)28(24)19-25/h6-13,16,19-20,32H,4-5,14-15,17-18,21-22H2,1-3H3,(H2,37,38). The van der Waals surface area contributed by atoms with Crippen LogP contribution in [0.4, 0.5) is 5.82 Å². The highest BCUT2D eigenvalue weighted by molar-refractivity contribution is 5.94. The van der Waals surface area contributed by atoms with Crippen molar-refractivity contribution in [1.29, 1.82) is 0 Å². The molecule has 1 aliphatic heterocycles. The number of ether oxygens (including phenoxy) is 2. The van der Waals surface area contributed by atoms with E-state index in [1.165, 1.54) is 5.56 Å². The van der Waals surface area contributed by atoms with Gasteiger partial charge < -0.3 is 20.1 Å². The first-order valence-electron chi connectivity index (χ1n) is 15.3. The number of nitrogens with two attached hydrogens (primary N) is 1. The molecular formula is C36H39N3O4. The van der Waals surface area contributed by atoms with E-state index in [-0.39, 0.29) is 29.8 Å². The maximum absolute atomic E-state index is 12.5. The second-order valence-corrected chi connectivity index (χ2v) is 11.8. The summed E-state index contributed by atoms with van der Waals surface area (Å²) in [5.41, 5.74) is 12.6. The van der Waals surface area contributed by atoms with Gasteiger partial charge in [-0.3, -0.25) is 9.59 Å². The number of aryl methyl sites for hydroxylation is 1. The molecule has 0 radical (unpaired) electrons. The van der Waals surface area contributed by atoms with Gasteiger partial charge in [0.15, 0.2) is 0 Å². The number of hydrogen-bond donors (Lipinski definition) is 1. The molecular weight excluding hydrogens is 538 g/mol. The molecule has 1 unspecified atom stereocenters. The molecule has 2 aliphatic rings. The van der Waals surface area contributed by atoms with Gasteiger partial charge in [-0.05, 0) is 90.6 Å². The topological polar surface area (TPSA) is 94.8 Å². The summed E-state index contributed by atoms with van der Waals surface area (Å²) in [5.74, 6) is 1.19. The van der Waals surface area contributed by atoms with Gasteiger partial charge in [-0.25, -0.2) is 4.98 Å². The fourth-order valence-corrected chi connectivity index (χ4v) is 6.95. The quantitative estimate of drug-likeness (QED) is 0.246. The molecule has 1 saturated heterocycles. The van der Waals surface area contributed by atoms with E-state index >= 15 is 0 Å². The summed E-state index contributed by atoms with van der Waals surface area (Å²) in [6.07, 6.45) is 4.84. The number of esters is 1. The van der Waals surface area contributed by atoms with E-state index in [9.17, 15) is 9.59 Å². The molecule has 1 fully saturated rings. The van der Waals surface area contributed by atoms with Crippen LogP contribution >= 0.6 is 0 Å². The number of benzene rings is 3. The van der Waals surface area contributed by atoms with E-state index in [0.29, 0.717) is 18.8 Å². The van der Waals surface area contributed by atoms with Gasteiger partial charge in [0.2, 0.25) is 5.91 Å². The fraction of sp³-hybridized carbons (Fsp3) is 0.361. The van der Waals surface area contributed by atoms with Crippen molar-refractivity contribution in [2.24, 2.45) is 0 Å². The molecule has 0 bridgehead atoms. The summed E-state index contributed by atoms with van der Waals surface area (Å²) in [5, 5.41) is 1.99. The summed E-state index contributed by atoms with van der Waals surface area (Å²) in [4.78, 5) is 31.3. The second-order valence-electron chi connectivity index (χ2n) is 11.8. The van der Waals surface area contributed by atoms with Crippen LogP contribution in [0.1, 0.15) is 67.9 Å². The monoisotopic (exact) mass is 577 g/mol. The molecule has 3 aromatic carbocycles. The number of anilines is 1. The van der Waals surface area contributed by atoms with Crippen molar-refractivity contribution in [3.05, 3.63) is 89.1 Å². The molecule has 2 heterocycles. The summed E-state index contributed by atoms with van der Waals surface area (Å²) >= 11 is 0. The number of fused-ring (bicyclic) bond motifs is 3. The van der Waals surface area contributed by atoms with E-state index in [0.717, 1.165) is 76.7 Å². The molecule has 43 heavy (non-hydrogen) atoms. The van der Waals surface area contributed by atoms with Crippen LogP contribution < -0.4 is 10.5 Å². The van der Waals surface area contributed by atoms with Crippen molar-refractivity contribution in [3.8, 4) is 16.9 Å². The average molecular weight is 578 g/mol. The van der Waals surface area contributed by atoms with Crippen LogP contribution in [0.3, 0.4) is 0 Å². The Kier molecular flexibility index (Phi) is 7.82. The first-order chi connectivity index (χ1) is 20.8. The number of aromatic nitrogens is 1. The molecule has 1 amide bonds. The molecule has 6 rings (SSSR count). The molecule has 1 aliphatic carbocycles. The lowest BCUT2D eigenvalue weighted by Crippen LogP contribution is -2.44. The van der Waals surface area contributed by atoms with E-state index in [2.05, 4.69) is 41.4 Å². The molecule has 7 heteroatoms. The van der Waals surface area contributed by atoms with Gasteiger partial charge in [-0.2, -0.15) is 0 Å². The van der Waals surface area contributed by atoms with Crippen molar-refractivity contribution < 1.29 is 19.1 Å². The summed E-state index contributed by atoms with van der Waals surface area (Å²) in [6.45, 7) is 7.58. The Morgan fingerprint density at radius 2 is 1.79 bits per heavy atom. The maximum atomic E-state index is 12.5. The minimum absolute atomic E-state index is 0.0775. The molecule has 0 saturated carbocycles. The highest BCUT2D eigenvalue weighted by atomic mass is 16.5. The number of piperidine rings is 1. The predicted octanol–water partition coefficient (Wildman–Crippen LogP) is 6.69. The molecule has 7 nitrogen and oxygen atoms in total. The third-order valence-electron chi connectivity index (χ3n) is 9.31. The Labute approximate surface area is 253 Å². The maximum Gasteiger partial charge on any atom is 0.310 e. The van der Waals surface area contributed by atoms with Gasteiger partial charge in [0.1, 0.15) is 17.7 Å². The molecule has 1 atom stereocenters. The average Bonchev–Trinajstić information content (AvgIpc) is 3.30. The smallest absolute Gasteiger partial charge is 0.310 e. The van der Waals surface area contributed by atoms with Crippen LogP contribution in [0.25, 0.3) is 21.9 Å². The van der Waals surface area contributed by atoms with Gasteiger partial charge in [-0.15, -0.1) is 0 Å². The third-order valence-corrected chi connectivity index (χ3v) is 9.31. The van der Waals surface area contributed by atoms with E-state index in [4.69, 9.17) is 15.2 Å². The Hall–Kier alpha value is -4.39. The van der Waals surface area contributed by atoms with Crippen molar-refractivity contribution >= 4 is 28.5 Å². The normalized spacial score (nSPS) is 17.2. The fourth-order valence-electron chi connectivity index (χ4n) is 6.95. The molecule has 222 valence electrons. The zero-order valence-corrected chi connectivity index (χ0v) is 25.2. The van der Waals surface area contributed by atoms with Gasteiger partial charge >= 0.3 is 5.97 Å². The Morgan fingerprint density at radius 3 is 2.56 bits per heavy atom. The number of carbonyl (C=O) groups is 2. The molecule has 4 aromatic rings. The van der Waals surface area contributed by atoms with Crippen molar-refractivity contribution in [3.63, 3.8) is 0 Å². The first-order valence-corrected chi connectivity index (χ1v) is 15.3. The van der Waals surface area contributed by atoms with E-state index < -0.39 is 0 Å². The lowest BCUT2D eigenvalue weighted by atomic mass is 9.73. The van der Waals surface area contributed by atoms with Crippen molar-refractivity contribution in [2.75, 3.05) is 25.4 Å². The molecule has 1 aromatic heterocycles. The van der Waals surface area contributed by atoms with Crippen LogP contribution in [0.2, 0.25) is 0 Å². The van der Waals surface area contributed by atoms with Crippen LogP contribution in [-0.4, -0.2) is 41.5 Å². The zero-order chi connectivity index (χ0) is 30.1. The minimum atomic E-state index is -0.259. The van der Waals surface area contributed by atoms with Gasteiger partial charge in [-0.1, -0.05) is 43.3 Å². The van der Waals surface area contributed by atoms with Crippen molar-refractivity contribution in [1.82, 2.24) is 9.88 Å². The number of pyridine rings is 1. The number of likely N-dealkylation sites (tertiary alicyclic amines) is 1. The number of carbonyl (C=O) groups excluding carboxylic acids is 2. The highest BCUT2D eigenvalue weighted by Crippen LogP contribution is 2.53. The number of nitrogens with zero attached hydrogens (tertiary/aromatic N) is 2. The number of amides is 1. The van der Waals surface area contributed by atoms with Gasteiger partial charge in [0, 0.05) is 42.1 Å². The highest BCUT2D eigenvalue weighted by Gasteiger charge is 2.47. The van der Waals surface area contributed by atoms with Crippen LogP contribution in [0.5, 0.6) is 5.75 Å². The van der Waals surface area contributed by atoms with E-state index in [1.54, 1.807) is 6.20 Å². The lowest BCUT2D eigenvalue weighted by Gasteiger charge is -2.40. The van der Waals surface area contributed by atoms with Crippen LogP contribution in [0.15, 0.2) is 66.9 Å². The lowest BCUT2D eigenvalue weighted by molar-refractivity contribution is -0.142. The van der Waals surface area contributed by atoms with Gasteiger partial charge in [0.05, 0.1) is 13.0 Å². The van der Waals surface area contributed by atoms with E-state index in [1.807, 2.05) is 49.9 Å². The van der Waals surface area contributed by atoms with Crippen molar-refractivity contribution in [2.45, 2.75) is 64.4 Å². The second kappa shape index (κ2) is 11.7. The van der Waals surface area contributed by atoms with Gasteiger partial charge in [0.25, 0.3) is 0 Å². The third kappa shape index (κ3) is 5.44. The SMILES string of the molecule is CCOC(=O)Cc1c(C)cccc1OC1CC2(CCN(C(=O)CC)CC2)c2ccc(-c3ccc4ccnc(N)c4c3)cc21. The Bertz CT molecular complexity index is 1690.